The maximum atomic E-state index is 12.7. The number of rotatable bonds is 6. The van der Waals surface area contributed by atoms with Crippen LogP contribution >= 0.6 is 11.8 Å². The van der Waals surface area contributed by atoms with Crippen molar-refractivity contribution in [3.8, 4) is 11.5 Å². The Balaban J connectivity index is 1.42. The van der Waals surface area contributed by atoms with Crippen molar-refractivity contribution in [1.29, 1.82) is 0 Å². The number of hydrogen-bond acceptors (Lipinski definition) is 5. The van der Waals surface area contributed by atoms with E-state index in [-0.39, 0.29) is 17.9 Å². The summed E-state index contributed by atoms with van der Waals surface area (Å²) in [6.07, 6.45) is 0.869. The number of hydrogen-bond donors (Lipinski definition) is 1. The number of nitrogens with one attached hydrogen (secondary N) is 1. The molecule has 0 aliphatic carbocycles. The van der Waals surface area contributed by atoms with E-state index in [1.54, 1.807) is 0 Å². The molecule has 3 aromatic rings. The lowest BCUT2D eigenvalue weighted by Gasteiger charge is -2.24. The van der Waals surface area contributed by atoms with Crippen molar-refractivity contribution in [3.05, 3.63) is 60.2 Å². The molecule has 5 nitrogen and oxygen atoms in total. The van der Waals surface area contributed by atoms with Gasteiger partial charge in [0.15, 0.2) is 11.5 Å². The Labute approximate surface area is 181 Å². The third-order valence-electron chi connectivity index (χ3n) is 5.04. The Morgan fingerprint density at radius 1 is 1.07 bits per heavy atom. The number of carbonyl (C=O) groups excluding carboxylic acids is 1. The summed E-state index contributed by atoms with van der Waals surface area (Å²) in [6.45, 7) is 5.51. The Morgan fingerprint density at radius 2 is 1.87 bits per heavy atom. The Morgan fingerprint density at radius 3 is 2.70 bits per heavy atom. The first-order valence-electron chi connectivity index (χ1n) is 10.3. The van der Waals surface area contributed by atoms with Crippen LogP contribution in [0.3, 0.4) is 0 Å². The molecule has 6 heteroatoms. The highest BCUT2D eigenvalue weighted by molar-refractivity contribution is 7.99. The molecule has 1 N–H and O–H groups in total. The van der Waals surface area contributed by atoms with E-state index in [0.717, 1.165) is 39.4 Å². The van der Waals surface area contributed by atoms with E-state index in [9.17, 15) is 4.79 Å². The van der Waals surface area contributed by atoms with Gasteiger partial charge in [-0.2, -0.15) is 0 Å². The lowest BCUT2D eigenvalue weighted by atomic mass is 9.95. The first-order valence-corrected chi connectivity index (χ1v) is 11.3. The van der Waals surface area contributed by atoms with Crippen LogP contribution in [0, 0.1) is 5.92 Å². The van der Waals surface area contributed by atoms with Crippen LogP contribution in [-0.2, 0) is 4.79 Å². The average molecular weight is 423 g/mol. The highest BCUT2D eigenvalue weighted by Gasteiger charge is 2.21. The van der Waals surface area contributed by atoms with E-state index in [0.29, 0.717) is 19.0 Å². The number of thioether (sulfide) groups is 1. The second kappa shape index (κ2) is 9.39. The van der Waals surface area contributed by atoms with Crippen LogP contribution in [0.4, 0.5) is 0 Å². The van der Waals surface area contributed by atoms with E-state index < -0.39 is 0 Å². The zero-order valence-corrected chi connectivity index (χ0v) is 18.1. The van der Waals surface area contributed by atoms with Gasteiger partial charge < -0.3 is 14.8 Å². The van der Waals surface area contributed by atoms with Crippen molar-refractivity contribution in [2.75, 3.05) is 19.0 Å². The van der Waals surface area contributed by atoms with Crippen molar-refractivity contribution < 1.29 is 14.3 Å². The molecule has 1 aliphatic rings. The molecule has 0 fully saturated rings. The van der Waals surface area contributed by atoms with Crippen molar-refractivity contribution in [2.45, 2.75) is 31.3 Å². The van der Waals surface area contributed by atoms with Crippen LogP contribution in [0.1, 0.15) is 31.9 Å². The Kier molecular flexibility index (Phi) is 6.43. The smallest absolute Gasteiger partial charge is 0.230 e. The van der Waals surface area contributed by atoms with Crippen molar-refractivity contribution in [2.24, 2.45) is 5.92 Å². The van der Waals surface area contributed by atoms with Gasteiger partial charge in [0.05, 0.1) is 35.6 Å². The van der Waals surface area contributed by atoms with Crippen LogP contribution in [0.5, 0.6) is 11.5 Å². The van der Waals surface area contributed by atoms with Gasteiger partial charge in [-0.25, -0.2) is 4.98 Å². The molecule has 1 amide bonds. The third kappa shape index (κ3) is 4.87. The van der Waals surface area contributed by atoms with E-state index in [1.165, 1.54) is 11.8 Å². The fourth-order valence-electron chi connectivity index (χ4n) is 3.49. The molecule has 1 atom stereocenters. The van der Waals surface area contributed by atoms with Crippen LogP contribution in [0.15, 0.2) is 59.6 Å². The highest BCUT2D eigenvalue weighted by atomic mass is 32.2. The molecular weight excluding hydrogens is 396 g/mol. The number of aromatic nitrogens is 1. The minimum atomic E-state index is -0.0974. The van der Waals surface area contributed by atoms with Crippen molar-refractivity contribution >= 4 is 28.6 Å². The maximum absolute atomic E-state index is 12.7. The van der Waals surface area contributed by atoms with Gasteiger partial charge in [0.1, 0.15) is 0 Å². The predicted molar refractivity (Wildman–Crippen MR) is 120 cm³/mol. The van der Waals surface area contributed by atoms with Gasteiger partial charge in [0, 0.05) is 11.8 Å². The van der Waals surface area contributed by atoms with Crippen molar-refractivity contribution in [3.63, 3.8) is 0 Å². The van der Waals surface area contributed by atoms with Crippen LogP contribution in [-0.4, -0.2) is 29.9 Å². The largest absolute Gasteiger partial charge is 0.490 e. The number of amides is 1. The first-order chi connectivity index (χ1) is 14.6. The van der Waals surface area contributed by atoms with E-state index >= 15 is 0 Å². The topological polar surface area (TPSA) is 60.5 Å². The van der Waals surface area contributed by atoms with Gasteiger partial charge in [-0.05, 0) is 35.7 Å². The summed E-state index contributed by atoms with van der Waals surface area (Å²) in [7, 11) is 0. The monoisotopic (exact) mass is 422 g/mol. The molecule has 0 bridgehead atoms. The Bertz CT molecular complexity index is 1040. The SMILES string of the molecule is CC(C)[C@H](NC(=O)CSc1ccc2ccccc2n1)c1ccc2c(c1)OCCCO2. The Hall–Kier alpha value is -2.73. The average Bonchev–Trinajstić information content (AvgIpc) is 3.00. The van der Waals surface area contributed by atoms with Gasteiger partial charge >= 0.3 is 0 Å². The molecule has 1 aliphatic heterocycles. The number of para-hydroxylation sites is 1. The van der Waals surface area contributed by atoms with Gasteiger partial charge in [-0.3, -0.25) is 4.79 Å². The van der Waals surface area contributed by atoms with Gasteiger partial charge in [-0.1, -0.05) is 55.9 Å². The third-order valence-corrected chi connectivity index (χ3v) is 5.97. The number of benzene rings is 2. The van der Waals surface area contributed by atoms with Crippen LogP contribution < -0.4 is 14.8 Å². The number of ether oxygens (including phenoxy) is 2. The molecule has 0 saturated heterocycles. The fraction of sp³-hybridized carbons (Fsp3) is 0.333. The number of nitrogens with zero attached hydrogens (tertiary/aromatic N) is 1. The summed E-state index contributed by atoms with van der Waals surface area (Å²) < 4.78 is 11.5. The minimum Gasteiger partial charge on any atom is -0.490 e. The van der Waals surface area contributed by atoms with E-state index in [1.807, 2.05) is 54.6 Å². The highest BCUT2D eigenvalue weighted by Crippen LogP contribution is 2.34. The molecule has 1 aromatic heterocycles. The van der Waals surface area contributed by atoms with E-state index in [4.69, 9.17) is 9.47 Å². The summed E-state index contributed by atoms with van der Waals surface area (Å²) in [5.74, 6) is 2.06. The quantitative estimate of drug-likeness (QED) is 0.567. The van der Waals surface area contributed by atoms with Crippen molar-refractivity contribution in [1.82, 2.24) is 10.3 Å². The zero-order chi connectivity index (χ0) is 20.9. The molecule has 0 spiro atoms. The number of carbonyl (C=O) groups is 1. The second-order valence-corrected chi connectivity index (χ2v) is 8.67. The molecule has 30 heavy (non-hydrogen) atoms. The van der Waals surface area contributed by atoms with Crippen LogP contribution in [0.2, 0.25) is 0 Å². The number of fused-ring (bicyclic) bond motifs is 2. The van der Waals surface area contributed by atoms with E-state index in [2.05, 4.69) is 24.1 Å². The summed E-state index contributed by atoms with van der Waals surface area (Å²) in [6, 6.07) is 17.8. The predicted octanol–water partition coefficient (Wildman–Crippen LogP) is 5.00. The molecular formula is C24H26N2O3S. The lowest BCUT2D eigenvalue weighted by molar-refractivity contribution is -0.119. The van der Waals surface area contributed by atoms with Crippen LogP contribution in [0.25, 0.3) is 10.9 Å². The zero-order valence-electron chi connectivity index (χ0n) is 17.3. The minimum absolute atomic E-state index is 0.0132. The summed E-state index contributed by atoms with van der Waals surface area (Å²) >= 11 is 1.45. The lowest BCUT2D eigenvalue weighted by Crippen LogP contribution is -2.33. The molecule has 156 valence electrons. The standard InChI is InChI=1S/C24H26N2O3S/c1-16(2)24(18-8-10-20-21(14-18)29-13-5-12-28-20)26-22(27)15-30-23-11-9-17-6-3-4-7-19(17)25-23/h3-4,6-11,14,16,24H,5,12-13,15H2,1-2H3,(H,26,27)/t24-/m0/s1. The molecule has 2 aromatic carbocycles. The van der Waals surface area contributed by atoms with Gasteiger partial charge in [0.2, 0.25) is 5.91 Å². The summed E-state index contributed by atoms with van der Waals surface area (Å²) in [4.78, 5) is 17.3. The molecule has 0 unspecified atom stereocenters. The number of pyridine rings is 1. The van der Waals surface area contributed by atoms with Gasteiger partial charge in [-0.15, -0.1) is 0 Å². The molecule has 0 saturated carbocycles. The fourth-order valence-corrected chi connectivity index (χ4v) is 4.18. The maximum Gasteiger partial charge on any atom is 0.230 e. The molecule has 4 rings (SSSR count). The normalized spacial score (nSPS) is 14.4. The van der Waals surface area contributed by atoms with Gasteiger partial charge in [0.25, 0.3) is 0 Å². The summed E-state index contributed by atoms with van der Waals surface area (Å²) in [5.41, 5.74) is 1.96. The molecule has 2 heterocycles. The summed E-state index contributed by atoms with van der Waals surface area (Å²) in [5, 5.41) is 5.12. The second-order valence-electron chi connectivity index (χ2n) is 7.68. The first kappa shape index (κ1) is 20.5. The molecule has 0 radical (unpaired) electrons.